The van der Waals surface area contributed by atoms with Crippen LogP contribution in [-0.2, 0) is 11.3 Å². The van der Waals surface area contributed by atoms with E-state index in [1.54, 1.807) is 0 Å². The summed E-state index contributed by atoms with van der Waals surface area (Å²) in [7, 11) is 0. The predicted octanol–water partition coefficient (Wildman–Crippen LogP) is 3.29. The molecule has 0 saturated heterocycles. The Bertz CT molecular complexity index is 371. The summed E-state index contributed by atoms with van der Waals surface area (Å²) in [6.07, 6.45) is 7.27. The van der Waals surface area contributed by atoms with Gasteiger partial charge in [-0.05, 0) is 49.5 Å². The Morgan fingerprint density at radius 3 is 2.39 bits per heavy atom. The number of aliphatic hydroxyl groups excluding tert-OH is 1. The van der Waals surface area contributed by atoms with Crippen molar-refractivity contribution >= 4 is 0 Å². The van der Waals surface area contributed by atoms with Gasteiger partial charge in [-0.2, -0.15) is 0 Å². The number of benzene rings is 1. The van der Waals surface area contributed by atoms with Crippen LogP contribution in [0.1, 0.15) is 44.1 Å². The van der Waals surface area contributed by atoms with Crippen molar-refractivity contribution in [2.24, 2.45) is 5.41 Å². The monoisotopic (exact) mass is 246 g/mol. The van der Waals surface area contributed by atoms with Crippen molar-refractivity contribution in [1.29, 1.82) is 0 Å². The zero-order valence-electron chi connectivity index (χ0n) is 10.8. The summed E-state index contributed by atoms with van der Waals surface area (Å²) in [5.74, 6) is 0. The van der Waals surface area contributed by atoms with E-state index in [0.29, 0.717) is 11.5 Å². The zero-order valence-corrected chi connectivity index (χ0v) is 10.8. The van der Waals surface area contributed by atoms with Crippen molar-refractivity contribution in [1.82, 2.24) is 0 Å². The summed E-state index contributed by atoms with van der Waals surface area (Å²) in [6.45, 7) is 0.737. The minimum absolute atomic E-state index is 0.0215. The third-order valence-corrected chi connectivity index (χ3v) is 4.66. The lowest BCUT2D eigenvalue weighted by atomic mass is 9.59. The van der Waals surface area contributed by atoms with Crippen LogP contribution in [0.5, 0.6) is 0 Å². The van der Waals surface area contributed by atoms with Gasteiger partial charge in [0.2, 0.25) is 0 Å². The molecule has 2 aliphatic carbocycles. The number of aliphatic hydroxyl groups is 1. The normalized spacial score (nSPS) is 35.4. The summed E-state index contributed by atoms with van der Waals surface area (Å²) < 4.78 is 6.00. The number of rotatable bonds is 3. The topological polar surface area (TPSA) is 29.5 Å². The first-order valence-electron chi connectivity index (χ1n) is 7.09. The summed E-state index contributed by atoms with van der Waals surface area (Å²) >= 11 is 0. The fraction of sp³-hybridized carbons (Fsp3) is 0.625. The molecule has 1 aromatic carbocycles. The lowest BCUT2D eigenvalue weighted by Crippen LogP contribution is -2.44. The largest absolute Gasteiger partial charge is 0.393 e. The second kappa shape index (κ2) is 5.02. The first-order valence-corrected chi connectivity index (χ1v) is 7.09. The molecule has 0 aliphatic heterocycles. The summed E-state index contributed by atoms with van der Waals surface area (Å²) in [5.41, 5.74) is 1.74. The highest BCUT2D eigenvalue weighted by molar-refractivity contribution is 5.13. The van der Waals surface area contributed by atoms with Crippen LogP contribution >= 0.6 is 0 Å². The molecule has 3 rings (SSSR count). The molecule has 0 heterocycles. The van der Waals surface area contributed by atoms with Crippen LogP contribution in [-0.4, -0.2) is 17.3 Å². The average molecular weight is 246 g/mol. The van der Waals surface area contributed by atoms with Gasteiger partial charge in [-0.1, -0.05) is 30.3 Å². The van der Waals surface area contributed by atoms with E-state index >= 15 is 0 Å². The van der Waals surface area contributed by atoms with E-state index in [1.165, 1.54) is 31.2 Å². The minimum atomic E-state index is -0.0215. The van der Waals surface area contributed by atoms with Crippen molar-refractivity contribution in [3.8, 4) is 0 Å². The van der Waals surface area contributed by atoms with Crippen LogP contribution in [0.15, 0.2) is 30.3 Å². The molecule has 0 bridgehead atoms. The van der Waals surface area contributed by atoms with Crippen molar-refractivity contribution in [2.45, 2.75) is 57.3 Å². The Balaban J connectivity index is 1.43. The van der Waals surface area contributed by atoms with E-state index in [4.69, 9.17) is 4.74 Å². The maximum atomic E-state index is 9.45. The quantitative estimate of drug-likeness (QED) is 0.886. The Kier molecular flexibility index (Phi) is 3.40. The van der Waals surface area contributed by atoms with E-state index < -0.39 is 0 Å². The summed E-state index contributed by atoms with van der Waals surface area (Å²) in [4.78, 5) is 0. The molecule has 1 spiro atoms. The highest BCUT2D eigenvalue weighted by atomic mass is 16.5. The van der Waals surface area contributed by atoms with Crippen molar-refractivity contribution in [2.75, 3.05) is 0 Å². The van der Waals surface area contributed by atoms with Gasteiger partial charge in [0, 0.05) is 0 Å². The van der Waals surface area contributed by atoms with Gasteiger partial charge in [0.25, 0.3) is 0 Å². The fourth-order valence-corrected chi connectivity index (χ4v) is 3.51. The highest BCUT2D eigenvalue weighted by Gasteiger charge is 2.45. The van der Waals surface area contributed by atoms with Crippen LogP contribution in [0, 0.1) is 5.41 Å². The molecule has 18 heavy (non-hydrogen) atoms. The van der Waals surface area contributed by atoms with Gasteiger partial charge >= 0.3 is 0 Å². The summed E-state index contributed by atoms with van der Waals surface area (Å²) in [6, 6.07) is 10.4. The van der Waals surface area contributed by atoms with Gasteiger partial charge in [-0.3, -0.25) is 0 Å². The number of hydrogen-bond acceptors (Lipinski definition) is 2. The molecule has 2 saturated carbocycles. The van der Waals surface area contributed by atoms with Gasteiger partial charge in [0.1, 0.15) is 0 Å². The van der Waals surface area contributed by atoms with Crippen LogP contribution < -0.4 is 0 Å². The van der Waals surface area contributed by atoms with Gasteiger partial charge in [-0.15, -0.1) is 0 Å². The standard InChI is InChI=1S/C16H22O2/c17-14-10-16(11-14)8-6-15(7-9-16)18-12-13-4-2-1-3-5-13/h1-5,14-15,17H,6-12H2. The molecule has 0 amide bonds. The Morgan fingerprint density at radius 1 is 1.11 bits per heavy atom. The van der Waals surface area contributed by atoms with Gasteiger partial charge < -0.3 is 9.84 Å². The van der Waals surface area contributed by atoms with E-state index in [0.717, 1.165) is 19.4 Å². The van der Waals surface area contributed by atoms with Crippen LogP contribution in [0.4, 0.5) is 0 Å². The number of ether oxygens (including phenoxy) is 1. The predicted molar refractivity (Wildman–Crippen MR) is 71.2 cm³/mol. The maximum Gasteiger partial charge on any atom is 0.0720 e. The molecule has 0 aromatic heterocycles. The molecular weight excluding hydrogens is 224 g/mol. The Morgan fingerprint density at radius 2 is 1.78 bits per heavy atom. The van der Waals surface area contributed by atoms with Crippen molar-refractivity contribution < 1.29 is 9.84 Å². The zero-order chi connectivity index (χ0) is 12.4. The van der Waals surface area contributed by atoms with Gasteiger partial charge in [0.05, 0.1) is 18.8 Å². The second-order valence-electron chi connectivity index (χ2n) is 6.06. The molecule has 0 radical (unpaired) electrons. The highest BCUT2D eigenvalue weighted by Crippen LogP contribution is 2.51. The molecule has 2 heteroatoms. The molecule has 98 valence electrons. The van der Waals surface area contributed by atoms with Crippen LogP contribution in [0.25, 0.3) is 0 Å². The third kappa shape index (κ3) is 2.60. The Hall–Kier alpha value is -0.860. The Labute approximate surface area is 109 Å². The number of hydrogen-bond donors (Lipinski definition) is 1. The van der Waals surface area contributed by atoms with Crippen LogP contribution in [0.3, 0.4) is 0 Å². The lowest BCUT2D eigenvalue weighted by molar-refractivity contribution is -0.0884. The van der Waals surface area contributed by atoms with E-state index in [-0.39, 0.29) is 6.10 Å². The first kappa shape index (κ1) is 12.2. The van der Waals surface area contributed by atoms with Crippen LogP contribution in [0.2, 0.25) is 0 Å². The molecule has 0 atom stereocenters. The molecule has 0 unspecified atom stereocenters. The van der Waals surface area contributed by atoms with E-state index in [2.05, 4.69) is 24.3 Å². The molecule has 1 N–H and O–H groups in total. The van der Waals surface area contributed by atoms with Crippen molar-refractivity contribution in [3.63, 3.8) is 0 Å². The third-order valence-electron chi connectivity index (χ3n) is 4.66. The van der Waals surface area contributed by atoms with Gasteiger partial charge in [-0.25, -0.2) is 0 Å². The average Bonchev–Trinajstić information content (AvgIpc) is 2.38. The van der Waals surface area contributed by atoms with Crippen molar-refractivity contribution in [3.05, 3.63) is 35.9 Å². The second-order valence-corrected chi connectivity index (χ2v) is 6.06. The molecule has 2 nitrogen and oxygen atoms in total. The molecule has 1 aromatic rings. The smallest absolute Gasteiger partial charge is 0.0720 e. The molecule has 2 fully saturated rings. The lowest BCUT2D eigenvalue weighted by Gasteiger charge is -2.49. The first-order chi connectivity index (χ1) is 8.76. The fourth-order valence-electron chi connectivity index (χ4n) is 3.51. The summed E-state index contributed by atoms with van der Waals surface area (Å²) in [5, 5.41) is 9.45. The van der Waals surface area contributed by atoms with E-state index in [1.807, 2.05) is 6.07 Å². The molecule has 2 aliphatic rings. The minimum Gasteiger partial charge on any atom is -0.393 e. The SMILES string of the molecule is OC1CC2(CCC(OCc3ccccc3)CC2)C1. The van der Waals surface area contributed by atoms with Gasteiger partial charge in [0.15, 0.2) is 0 Å². The maximum absolute atomic E-state index is 9.45. The molecular formula is C16H22O2. The van der Waals surface area contributed by atoms with E-state index in [9.17, 15) is 5.11 Å².